The number of ether oxygens (including phenoxy) is 1. The summed E-state index contributed by atoms with van der Waals surface area (Å²) in [6, 6.07) is 4.95. The normalized spacial score (nSPS) is 24.5. The molecule has 0 radical (unpaired) electrons. The number of hydrogen-bond acceptors (Lipinski definition) is 4. The Morgan fingerprint density at radius 1 is 1.39 bits per heavy atom. The van der Waals surface area contributed by atoms with Crippen LogP contribution in [0.2, 0.25) is 0 Å². The monoisotopic (exact) mass is 338 g/mol. The van der Waals surface area contributed by atoms with Crippen molar-refractivity contribution in [3.63, 3.8) is 0 Å². The van der Waals surface area contributed by atoms with E-state index in [1.54, 1.807) is 23.1 Å². The molecule has 2 unspecified atom stereocenters. The van der Waals surface area contributed by atoms with Crippen LogP contribution in [0, 0.1) is 5.92 Å². The molecule has 1 aromatic carbocycles. The number of nitrogens with one attached hydrogen (secondary N) is 1. The van der Waals surface area contributed by atoms with Crippen molar-refractivity contribution >= 4 is 21.6 Å². The van der Waals surface area contributed by atoms with E-state index in [1.165, 1.54) is 7.05 Å². The fraction of sp³-hybridized carbons (Fsp3) is 0.562. The van der Waals surface area contributed by atoms with Crippen LogP contribution in [-0.2, 0) is 26.0 Å². The molecule has 2 aliphatic heterocycles. The van der Waals surface area contributed by atoms with Crippen LogP contribution in [0.15, 0.2) is 23.1 Å². The summed E-state index contributed by atoms with van der Waals surface area (Å²) in [6.07, 6.45) is 2.36. The number of carbonyl (C=O) groups excluding carboxylic acids is 1. The molecule has 0 aliphatic carbocycles. The first-order chi connectivity index (χ1) is 10.9. The Hall–Kier alpha value is -1.44. The highest BCUT2D eigenvalue weighted by Gasteiger charge is 2.35. The maximum Gasteiger partial charge on any atom is 0.240 e. The Bertz CT molecular complexity index is 717. The van der Waals surface area contributed by atoms with E-state index in [-0.39, 0.29) is 22.8 Å². The predicted molar refractivity (Wildman–Crippen MR) is 86.9 cm³/mol. The van der Waals surface area contributed by atoms with Gasteiger partial charge in [-0.15, -0.1) is 0 Å². The van der Waals surface area contributed by atoms with Gasteiger partial charge in [0.25, 0.3) is 0 Å². The number of hydrogen-bond donors (Lipinski definition) is 1. The number of anilines is 1. The van der Waals surface area contributed by atoms with Crippen molar-refractivity contribution in [1.29, 1.82) is 0 Å². The number of fused-ring (bicyclic) bond motifs is 1. The van der Waals surface area contributed by atoms with Crippen LogP contribution in [-0.4, -0.2) is 40.6 Å². The quantitative estimate of drug-likeness (QED) is 0.901. The largest absolute Gasteiger partial charge is 0.378 e. The minimum atomic E-state index is -3.46. The highest BCUT2D eigenvalue weighted by Crippen LogP contribution is 2.33. The lowest BCUT2D eigenvalue weighted by Crippen LogP contribution is -2.42. The minimum absolute atomic E-state index is 0.0655. The first-order valence-corrected chi connectivity index (χ1v) is 9.42. The van der Waals surface area contributed by atoms with Gasteiger partial charge in [-0.3, -0.25) is 4.79 Å². The van der Waals surface area contributed by atoms with E-state index in [0.717, 1.165) is 24.1 Å². The number of sulfonamides is 1. The zero-order valence-corrected chi connectivity index (χ0v) is 14.2. The van der Waals surface area contributed by atoms with E-state index in [9.17, 15) is 13.2 Å². The number of amides is 1. The Morgan fingerprint density at radius 2 is 2.17 bits per heavy atom. The molecule has 1 fully saturated rings. The maximum atomic E-state index is 12.8. The van der Waals surface area contributed by atoms with Crippen molar-refractivity contribution in [2.45, 2.75) is 37.2 Å². The van der Waals surface area contributed by atoms with Gasteiger partial charge in [0.1, 0.15) is 0 Å². The van der Waals surface area contributed by atoms with Gasteiger partial charge < -0.3 is 9.64 Å². The van der Waals surface area contributed by atoms with Crippen molar-refractivity contribution in [3.8, 4) is 0 Å². The van der Waals surface area contributed by atoms with Gasteiger partial charge in [0.05, 0.1) is 16.9 Å². The number of carbonyl (C=O) groups is 1. The lowest BCUT2D eigenvalue weighted by atomic mass is 9.94. The van der Waals surface area contributed by atoms with Crippen LogP contribution in [0.3, 0.4) is 0 Å². The van der Waals surface area contributed by atoms with Crippen LogP contribution in [0.5, 0.6) is 0 Å². The molecular formula is C16H22N2O4S. The summed E-state index contributed by atoms with van der Waals surface area (Å²) in [5, 5.41) is 0. The van der Waals surface area contributed by atoms with Gasteiger partial charge in [-0.05, 0) is 57.0 Å². The van der Waals surface area contributed by atoms with Crippen molar-refractivity contribution in [1.82, 2.24) is 4.72 Å². The van der Waals surface area contributed by atoms with Gasteiger partial charge in [-0.25, -0.2) is 13.1 Å². The average Bonchev–Trinajstić information content (AvgIpc) is 2.97. The lowest BCUT2D eigenvalue weighted by molar-refractivity contribution is -0.130. The lowest BCUT2D eigenvalue weighted by Gasteiger charge is -2.31. The van der Waals surface area contributed by atoms with Crippen LogP contribution in [0.25, 0.3) is 0 Å². The van der Waals surface area contributed by atoms with Crippen LogP contribution < -0.4 is 9.62 Å². The van der Waals surface area contributed by atoms with Gasteiger partial charge in [0.2, 0.25) is 15.9 Å². The molecule has 3 rings (SSSR count). The van der Waals surface area contributed by atoms with Crippen LogP contribution in [0.4, 0.5) is 5.69 Å². The topological polar surface area (TPSA) is 75.7 Å². The molecule has 6 nitrogen and oxygen atoms in total. The molecule has 2 atom stereocenters. The molecule has 7 heteroatoms. The zero-order valence-electron chi connectivity index (χ0n) is 13.4. The highest BCUT2D eigenvalue weighted by atomic mass is 32.2. The summed E-state index contributed by atoms with van der Waals surface area (Å²) in [5.41, 5.74) is 1.72. The van der Waals surface area contributed by atoms with Gasteiger partial charge in [0, 0.05) is 18.8 Å². The third-order valence-corrected chi connectivity index (χ3v) is 6.13. The van der Waals surface area contributed by atoms with Gasteiger partial charge in [-0.1, -0.05) is 0 Å². The predicted octanol–water partition coefficient (Wildman–Crippen LogP) is 1.30. The SMILES string of the molecule is CNS(=O)(=O)c1ccc2c(c1)CCN2C(=O)C1CCCOC1C. The molecule has 0 saturated carbocycles. The second-order valence-electron chi connectivity index (χ2n) is 6.06. The van der Waals surface area contributed by atoms with Crippen molar-refractivity contribution < 1.29 is 17.9 Å². The molecule has 0 spiro atoms. The highest BCUT2D eigenvalue weighted by molar-refractivity contribution is 7.89. The van der Waals surface area contributed by atoms with Crippen molar-refractivity contribution in [2.24, 2.45) is 5.92 Å². The standard InChI is InChI=1S/C16H22N2O4S/c1-11-14(4-3-9-22-11)16(19)18-8-7-12-10-13(5-6-15(12)18)23(20,21)17-2/h5-6,10-11,14,17H,3-4,7-9H2,1-2H3. The summed E-state index contributed by atoms with van der Waals surface area (Å²) in [4.78, 5) is 14.8. The first-order valence-electron chi connectivity index (χ1n) is 7.93. The van der Waals surface area contributed by atoms with E-state index in [4.69, 9.17) is 4.74 Å². The van der Waals surface area contributed by atoms with Crippen molar-refractivity contribution in [2.75, 3.05) is 25.1 Å². The third kappa shape index (κ3) is 3.00. The van der Waals surface area contributed by atoms with Gasteiger partial charge >= 0.3 is 0 Å². The van der Waals surface area contributed by atoms with Crippen LogP contribution in [0.1, 0.15) is 25.3 Å². The first kappa shape index (κ1) is 16.4. The fourth-order valence-electron chi connectivity index (χ4n) is 3.34. The van der Waals surface area contributed by atoms with Crippen molar-refractivity contribution in [3.05, 3.63) is 23.8 Å². The maximum absolute atomic E-state index is 12.8. The summed E-state index contributed by atoms with van der Waals surface area (Å²) in [5.74, 6) is -0.0319. The second kappa shape index (κ2) is 6.22. The summed E-state index contributed by atoms with van der Waals surface area (Å²) >= 11 is 0. The molecule has 2 aliphatic rings. The molecule has 0 aromatic heterocycles. The molecule has 23 heavy (non-hydrogen) atoms. The van der Waals surface area contributed by atoms with E-state index < -0.39 is 10.0 Å². The second-order valence-corrected chi connectivity index (χ2v) is 7.95. The molecule has 2 heterocycles. The molecular weight excluding hydrogens is 316 g/mol. The molecule has 1 aromatic rings. The molecule has 1 amide bonds. The molecule has 1 saturated heterocycles. The average molecular weight is 338 g/mol. The van der Waals surface area contributed by atoms with Gasteiger partial charge in [-0.2, -0.15) is 0 Å². The van der Waals surface area contributed by atoms with E-state index in [0.29, 0.717) is 19.6 Å². The molecule has 0 bridgehead atoms. The minimum Gasteiger partial charge on any atom is -0.378 e. The smallest absolute Gasteiger partial charge is 0.240 e. The van der Waals surface area contributed by atoms with Crippen LogP contribution >= 0.6 is 0 Å². The number of nitrogens with zero attached hydrogens (tertiary/aromatic N) is 1. The molecule has 1 N–H and O–H groups in total. The Morgan fingerprint density at radius 3 is 2.87 bits per heavy atom. The van der Waals surface area contributed by atoms with Gasteiger partial charge in [0.15, 0.2) is 0 Å². The number of rotatable bonds is 3. The Balaban J connectivity index is 1.86. The van der Waals surface area contributed by atoms with E-state index in [1.807, 2.05) is 6.92 Å². The molecule has 126 valence electrons. The number of benzene rings is 1. The summed E-state index contributed by atoms with van der Waals surface area (Å²) in [7, 11) is -2.07. The van der Waals surface area contributed by atoms with E-state index in [2.05, 4.69) is 4.72 Å². The Kier molecular flexibility index (Phi) is 4.44. The Labute approximate surface area is 136 Å². The van der Waals surface area contributed by atoms with E-state index >= 15 is 0 Å². The summed E-state index contributed by atoms with van der Waals surface area (Å²) < 4.78 is 31.7. The third-order valence-electron chi connectivity index (χ3n) is 4.72. The zero-order chi connectivity index (χ0) is 16.6. The fourth-order valence-corrected chi connectivity index (χ4v) is 4.12. The summed E-state index contributed by atoms with van der Waals surface area (Å²) in [6.45, 7) is 3.26.